The topological polar surface area (TPSA) is 75.1 Å². The molecule has 0 aliphatic heterocycles. The highest BCUT2D eigenvalue weighted by molar-refractivity contribution is 5.70. The first kappa shape index (κ1) is 14.1. The number of aromatic hydroxyl groups is 1. The molecule has 0 spiro atoms. The Labute approximate surface area is 116 Å². The number of aryl methyl sites for hydroxylation is 1. The predicted octanol–water partition coefficient (Wildman–Crippen LogP) is 2.02. The molecule has 0 radical (unpaired) electrons. The predicted molar refractivity (Wildman–Crippen MR) is 78.1 cm³/mol. The third-order valence-electron chi connectivity index (χ3n) is 3.32. The standard InChI is InChI=1S/C15H18N2O3/c1-3-4-9-17-14(19)12(13(18)16-15(17)20)11-8-6-5-7-10(11)2/h5-8,19H,3-4,9H2,1-2H3,(H,16,18,20). The second kappa shape index (κ2) is 5.77. The van der Waals surface area contributed by atoms with Gasteiger partial charge in [-0.1, -0.05) is 37.6 Å². The van der Waals surface area contributed by atoms with Crippen molar-refractivity contribution in [2.24, 2.45) is 0 Å². The minimum atomic E-state index is -0.571. The van der Waals surface area contributed by atoms with Crippen molar-refractivity contribution in [1.29, 1.82) is 0 Å². The number of aromatic nitrogens is 2. The van der Waals surface area contributed by atoms with Gasteiger partial charge < -0.3 is 5.11 Å². The van der Waals surface area contributed by atoms with E-state index < -0.39 is 11.2 Å². The van der Waals surface area contributed by atoms with E-state index >= 15 is 0 Å². The molecule has 106 valence electrons. The Bertz CT molecular complexity index is 729. The molecular weight excluding hydrogens is 256 g/mol. The Balaban J connectivity index is 2.68. The smallest absolute Gasteiger partial charge is 0.331 e. The van der Waals surface area contributed by atoms with E-state index in [9.17, 15) is 14.7 Å². The summed E-state index contributed by atoms with van der Waals surface area (Å²) in [5.74, 6) is -0.262. The van der Waals surface area contributed by atoms with Crippen LogP contribution in [0, 0.1) is 6.92 Å². The fourth-order valence-electron chi connectivity index (χ4n) is 2.18. The van der Waals surface area contributed by atoms with Crippen LogP contribution in [0.4, 0.5) is 0 Å². The second-order valence-electron chi connectivity index (χ2n) is 4.78. The summed E-state index contributed by atoms with van der Waals surface area (Å²) in [5.41, 5.74) is 0.525. The highest BCUT2D eigenvalue weighted by atomic mass is 16.3. The fourth-order valence-corrected chi connectivity index (χ4v) is 2.18. The maximum atomic E-state index is 12.0. The molecule has 2 rings (SSSR count). The van der Waals surface area contributed by atoms with Crippen molar-refractivity contribution in [3.8, 4) is 17.0 Å². The van der Waals surface area contributed by atoms with Crippen LogP contribution in [0.15, 0.2) is 33.9 Å². The number of nitrogens with one attached hydrogen (secondary N) is 1. The van der Waals surface area contributed by atoms with E-state index in [0.717, 1.165) is 18.4 Å². The zero-order valence-electron chi connectivity index (χ0n) is 11.6. The van der Waals surface area contributed by atoms with Gasteiger partial charge in [0.05, 0.1) is 0 Å². The van der Waals surface area contributed by atoms with E-state index in [0.29, 0.717) is 12.1 Å². The van der Waals surface area contributed by atoms with Gasteiger partial charge >= 0.3 is 5.69 Å². The molecule has 0 aliphatic carbocycles. The van der Waals surface area contributed by atoms with Crippen LogP contribution in [0.1, 0.15) is 25.3 Å². The van der Waals surface area contributed by atoms with Crippen molar-refractivity contribution in [2.75, 3.05) is 0 Å². The van der Waals surface area contributed by atoms with Crippen LogP contribution in [-0.2, 0) is 6.54 Å². The van der Waals surface area contributed by atoms with E-state index in [4.69, 9.17) is 0 Å². The lowest BCUT2D eigenvalue weighted by molar-refractivity contribution is 0.398. The van der Waals surface area contributed by atoms with Gasteiger partial charge in [0.15, 0.2) is 0 Å². The van der Waals surface area contributed by atoms with Gasteiger partial charge in [-0.05, 0) is 24.5 Å². The molecule has 20 heavy (non-hydrogen) atoms. The lowest BCUT2D eigenvalue weighted by Gasteiger charge is -2.12. The summed E-state index contributed by atoms with van der Waals surface area (Å²) in [6.45, 7) is 4.24. The number of hydrogen-bond acceptors (Lipinski definition) is 3. The summed E-state index contributed by atoms with van der Waals surface area (Å²) >= 11 is 0. The van der Waals surface area contributed by atoms with Crippen LogP contribution in [0.25, 0.3) is 11.1 Å². The van der Waals surface area contributed by atoms with Gasteiger partial charge in [-0.3, -0.25) is 14.3 Å². The van der Waals surface area contributed by atoms with Crippen molar-refractivity contribution in [3.63, 3.8) is 0 Å². The van der Waals surface area contributed by atoms with E-state index in [1.165, 1.54) is 4.57 Å². The third-order valence-corrected chi connectivity index (χ3v) is 3.32. The molecule has 5 nitrogen and oxygen atoms in total. The molecule has 2 aromatic rings. The van der Waals surface area contributed by atoms with Crippen LogP contribution < -0.4 is 11.2 Å². The van der Waals surface area contributed by atoms with Crippen molar-refractivity contribution >= 4 is 0 Å². The van der Waals surface area contributed by atoms with Gasteiger partial charge in [-0.15, -0.1) is 0 Å². The largest absolute Gasteiger partial charge is 0.494 e. The zero-order valence-corrected chi connectivity index (χ0v) is 11.6. The van der Waals surface area contributed by atoms with Gasteiger partial charge in [-0.2, -0.15) is 0 Å². The van der Waals surface area contributed by atoms with Crippen molar-refractivity contribution in [1.82, 2.24) is 9.55 Å². The van der Waals surface area contributed by atoms with Crippen molar-refractivity contribution in [3.05, 3.63) is 50.7 Å². The first-order valence-corrected chi connectivity index (χ1v) is 6.68. The molecule has 0 bridgehead atoms. The Morgan fingerprint density at radius 1 is 1.25 bits per heavy atom. The molecule has 0 saturated heterocycles. The van der Waals surface area contributed by atoms with Gasteiger partial charge in [0.1, 0.15) is 5.56 Å². The van der Waals surface area contributed by atoms with Crippen LogP contribution in [0.2, 0.25) is 0 Å². The summed E-state index contributed by atoms with van der Waals surface area (Å²) in [6, 6.07) is 7.27. The van der Waals surface area contributed by atoms with Crippen molar-refractivity contribution in [2.45, 2.75) is 33.2 Å². The number of rotatable bonds is 4. The fraction of sp³-hybridized carbons (Fsp3) is 0.333. The molecule has 0 atom stereocenters. The molecule has 0 amide bonds. The van der Waals surface area contributed by atoms with E-state index in [-0.39, 0.29) is 11.4 Å². The summed E-state index contributed by atoms with van der Waals surface area (Å²) in [4.78, 5) is 26.1. The molecule has 1 aromatic heterocycles. The molecule has 1 heterocycles. The molecule has 2 N–H and O–H groups in total. The summed E-state index contributed by atoms with van der Waals surface area (Å²) < 4.78 is 1.21. The van der Waals surface area contributed by atoms with Crippen LogP contribution in [-0.4, -0.2) is 14.7 Å². The minimum Gasteiger partial charge on any atom is -0.494 e. The first-order valence-electron chi connectivity index (χ1n) is 6.68. The minimum absolute atomic E-state index is 0.152. The quantitative estimate of drug-likeness (QED) is 0.895. The van der Waals surface area contributed by atoms with Crippen LogP contribution in [0.3, 0.4) is 0 Å². The second-order valence-corrected chi connectivity index (χ2v) is 4.78. The maximum absolute atomic E-state index is 12.0. The average Bonchev–Trinajstić information content (AvgIpc) is 2.40. The van der Waals surface area contributed by atoms with E-state index in [1.807, 2.05) is 26.0 Å². The Morgan fingerprint density at radius 2 is 1.95 bits per heavy atom. The van der Waals surface area contributed by atoms with E-state index in [2.05, 4.69) is 4.98 Å². The maximum Gasteiger partial charge on any atom is 0.331 e. The summed E-state index contributed by atoms with van der Waals surface area (Å²) in [5, 5.41) is 10.3. The molecule has 0 unspecified atom stereocenters. The first-order chi connectivity index (χ1) is 9.56. The number of H-pyrrole nitrogens is 1. The van der Waals surface area contributed by atoms with Gasteiger partial charge in [0, 0.05) is 6.54 Å². The lowest BCUT2D eigenvalue weighted by atomic mass is 10.0. The van der Waals surface area contributed by atoms with Crippen LogP contribution >= 0.6 is 0 Å². The number of unbranched alkanes of at least 4 members (excludes halogenated alkanes) is 1. The van der Waals surface area contributed by atoms with Gasteiger partial charge in [0.2, 0.25) is 5.88 Å². The van der Waals surface area contributed by atoms with Gasteiger partial charge in [-0.25, -0.2) is 4.79 Å². The molecule has 0 saturated carbocycles. The Hall–Kier alpha value is -2.30. The molecular formula is C15H18N2O3. The number of aromatic amines is 1. The van der Waals surface area contributed by atoms with Gasteiger partial charge in [0.25, 0.3) is 5.56 Å². The highest BCUT2D eigenvalue weighted by Crippen LogP contribution is 2.26. The Kier molecular flexibility index (Phi) is 4.08. The van der Waals surface area contributed by atoms with Crippen molar-refractivity contribution < 1.29 is 5.11 Å². The lowest BCUT2D eigenvalue weighted by Crippen LogP contribution is -2.31. The van der Waals surface area contributed by atoms with E-state index in [1.54, 1.807) is 12.1 Å². The monoisotopic (exact) mass is 274 g/mol. The highest BCUT2D eigenvalue weighted by Gasteiger charge is 2.16. The molecule has 0 fully saturated rings. The zero-order chi connectivity index (χ0) is 14.7. The average molecular weight is 274 g/mol. The Morgan fingerprint density at radius 3 is 2.60 bits per heavy atom. The number of benzene rings is 1. The molecule has 5 heteroatoms. The third kappa shape index (κ3) is 2.52. The normalized spacial score (nSPS) is 10.7. The molecule has 1 aromatic carbocycles. The van der Waals surface area contributed by atoms with Crippen LogP contribution in [0.5, 0.6) is 5.88 Å². The number of hydrogen-bond donors (Lipinski definition) is 2. The summed E-state index contributed by atoms with van der Waals surface area (Å²) in [6.07, 6.45) is 1.65. The summed E-state index contributed by atoms with van der Waals surface area (Å²) in [7, 11) is 0. The molecule has 0 aliphatic rings. The SMILES string of the molecule is CCCCn1c(O)c(-c2ccccc2C)c(=O)[nH]c1=O. The number of nitrogens with zero attached hydrogens (tertiary/aromatic N) is 1.